The fourth-order valence-corrected chi connectivity index (χ4v) is 2.25. The minimum Gasteiger partial charge on any atom is -0.429 e. The summed E-state index contributed by atoms with van der Waals surface area (Å²) in [4.78, 5) is 11.8. The second kappa shape index (κ2) is 7.47. The molecular formula is C17H30O5. The Labute approximate surface area is 133 Å². The zero-order chi connectivity index (χ0) is 17.0. The molecule has 0 saturated heterocycles. The maximum atomic E-state index is 11.8. The summed E-state index contributed by atoms with van der Waals surface area (Å²) in [5.74, 6) is 0. The lowest BCUT2D eigenvalue weighted by Gasteiger charge is -2.31. The van der Waals surface area contributed by atoms with Gasteiger partial charge < -0.3 is 19.3 Å². The molecule has 0 spiro atoms. The van der Waals surface area contributed by atoms with Gasteiger partial charge in [0.1, 0.15) is 11.7 Å². The Morgan fingerprint density at radius 2 is 1.68 bits per heavy atom. The molecule has 3 atom stereocenters. The number of hydrogen-bond acceptors (Lipinski definition) is 5. The number of carbonyl (C=O) groups excluding carboxylic acids is 1. The van der Waals surface area contributed by atoms with Crippen LogP contribution in [-0.4, -0.2) is 40.8 Å². The third-order valence-corrected chi connectivity index (χ3v) is 2.98. The van der Waals surface area contributed by atoms with Crippen LogP contribution in [-0.2, 0) is 14.2 Å². The average molecular weight is 314 g/mol. The lowest BCUT2D eigenvalue weighted by atomic mass is 9.99. The number of aliphatic hydroxyl groups is 1. The first-order valence-electron chi connectivity index (χ1n) is 7.88. The Balaban J connectivity index is 2.70. The molecule has 0 bridgehead atoms. The van der Waals surface area contributed by atoms with Crippen molar-refractivity contribution in [1.29, 1.82) is 0 Å². The molecule has 1 aliphatic carbocycles. The van der Waals surface area contributed by atoms with Crippen molar-refractivity contribution in [3.63, 3.8) is 0 Å². The lowest BCUT2D eigenvalue weighted by Crippen LogP contribution is -2.34. The first kappa shape index (κ1) is 19.0. The van der Waals surface area contributed by atoms with Crippen LogP contribution in [0.4, 0.5) is 4.79 Å². The maximum Gasteiger partial charge on any atom is 0.509 e. The van der Waals surface area contributed by atoms with E-state index in [0.717, 1.165) is 6.42 Å². The molecule has 0 aromatic heterocycles. The first-order chi connectivity index (χ1) is 9.94. The van der Waals surface area contributed by atoms with Crippen LogP contribution in [0.2, 0.25) is 0 Å². The molecule has 1 rings (SSSR count). The predicted molar refractivity (Wildman–Crippen MR) is 84.7 cm³/mol. The van der Waals surface area contributed by atoms with E-state index in [1.165, 1.54) is 0 Å². The number of carbonyl (C=O) groups is 1. The van der Waals surface area contributed by atoms with Crippen molar-refractivity contribution in [3.05, 3.63) is 12.2 Å². The van der Waals surface area contributed by atoms with Gasteiger partial charge in [0.05, 0.1) is 17.8 Å². The number of ether oxygens (including phenoxy) is 3. The van der Waals surface area contributed by atoms with Gasteiger partial charge in [-0.05, 0) is 60.5 Å². The van der Waals surface area contributed by atoms with E-state index in [1.807, 2.05) is 20.8 Å². The summed E-state index contributed by atoms with van der Waals surface area (Å²) in [6.45, 7) is 11.3. The van der Waals surface area contributed by atoms with Crippen LogP contribution < -0.4 is 0 Å². The fourth-order valence-electron chi connectivity index (χ4n) is 2.25. The second-order valence-electron chi connectivity index (χ2n) is 7.74. The van der Waals surface area contributed by atoms with Gasteiger partial charge in [-0.3, -0.25) is 0 Å². The topological polar surface area (TPSA) is 65.0 Å². The molecule has 3 unspecified atom stereocenters. The van der Waals surface area contributed by atoms with Crippen molar-refractivity contribution in [3.8, 4) is 0 Å². The predicted octanol–water partition coefficient (Wildman–Crippen LogP) is 3.59. The van der Waals surface area contributed by atoms with Crippen LogP contribution >= 0.6 is 0 Å². The van der Waals surface area contributed by atoms with Gasteiger partial charge in [-0.2, -0.15) is 0 Å². The van der Waals surface area contributed by atoms with Crippen molar-refractivity contribution in [2.75, 3.05) is 0 Å². The largest absolute Gasteiger partial charge is 0.509 e. The molecule has 1 N–H and O–H groups in total. The molecule has 0 amide bonds. The van der Waals surface area contributed by atoms with Crippen molar-refractivity contribution < 1.29 is 24.1 Å². The van der Waals surface area contributed by atoms with Gasteiger partial charge in [0, 0.05) is 6.42 Å². The second-order valence-corrected chi connectivity index (χ2v) is 7.74. The highest BCUT2D eigenvalue weighted by molar-refractivity contribution is 5.61. The van der Waals surface area contributed by atoms with Crippen LogP contribution in [0, 0.1) is 0 Å². The Hall–Kier alpha value is -1.07. The average Bonchev–Trinajstić information content (AvgIpc) is 2.26. The van der Waals surface area contributed by atoms with Gasteiger partial charge in [0.2, 0.25) is 0 Å². The standard InChI is InChI=1S/C17H30O5/c1-16(2,3)21-14-10-8-12(18)7-9-13(11-14)20-15(19)22-17(4,5)6/h7,9,12-14,18H,8,10-11H2,1-6H3/b9-7+. The van der Waals surface area contributed by atoms with Crippen molar-refractivity contribution >= 4 is 6.16 Å². The molecule has 0 fully saturated rings. The van der Waals surface area contributed by atoms with E-state index in [2.05, 4.69) is 0 Å². The van der Waals surface area contributed by atoms with Gasteiger partial charge in [0.25, 0.3) is 0 Å². The van der Waals surface area contributed by atoms with E-state index < -0.39 is 24.0 Å². The minimum absolute atomic E-state index is 0.0768. The summed E-state index contributed by atoms with van der Waals surface area (Å²) < 4.78 is 16.5. The van der Waals surface area contributed by atoms with Crippen molar-refractivity contribution in [1.82, 2.24) is 0 Å². The summed E-state index contributed by atoms with van der Waals surface area (Å²) in [6, 6.07) is 0. The van der Waals surface area contributed by atoms with Crippen molar-refractivity contribution in [2.24, 2.45) is 0 Å². The van der Waals surface area contributed by atoms with Crippen LogP contribution in [0.3, 0.4) is 0 Å². The molecule has 128 valence electrons. The Bertz CT molecular complexity index is 389. The molecule has 5 nitrogen and oxygen atoms in total. The van der Waals surface area contributed by atoms with E-state index in [0.29, 0.717) is 12.8 Å². The zero-order valence-electron chi connectivity index (χ0n) is 14.6. The van der Waals surface area contributed by atoms with Crippen LogP contribution in [0.25, 0.3) is 0 Å². The van der Waals surface area contributed by atoms with Gasteiger partial charge in [-0.25, -0.2) is 4.79 Å². The molecule has 22 heavy (non-hydrogen) atoms. The minimum atomic E-state index is -0.702. The molecule has 0 saturated carbocycles. The SMILES string of the molecule is CC(C)(C)OC(=O)OC1/C=C/C(O)CCC(OC(C)(C)C)C1. The normalized spacial score (nSPS) is 28.4. The summed E-state index contributed by atoms with van der Waals surface area (Å²) >= 11 is 0. The summed E-state index contributed by atoms with van der Waals surface area (Å²) in [5, 5.41) is 9.85. The molecule has 0 aliphatic heterocycles. The summed E-state index contributed by atoms with van der Waals surface area (Å²) in [7, 11) is 0. The highest BCUT2D eigenvalue weighted by atomic mass is 16.7. The van der Waals surface area contributed by atoms with Crippen molar-refractivity contribution in [2.45, 2.75) is 90.3 Å². The summed E-state index contributed by atoms with van der Waals surface area (Å²) in [6.07, 6.45) is 3.51. The number of rotatable bonds is 2. The Morgan fingerprint density at radius 1 is 1.05 bits per heavy atom. The highest BCUT2D eigenvalue weighted by Gasteiger charge is 2.27. The first-order valence-corrected chi connectivity index (χ1v) is 7.88. The van der Waals surface area contributed by atoms with E-state index in [1.54, 1.807) is 32.9 Å². The number of hydrogen-bond donors (Lipinski definition) is 1. The Kier molecular flexibility index (Phi) is 6.44. The molecule has 0 aromatic carbocycles. The lowest BCUT2D eigenvalue weighted by molar-refractivity contribution is -0.0865. The maximum absolute atomic E-state index is 11.8. The van der Waals surface area contributed by atoms with E-state index in [9.17, 15) is 9.90 Å². The molecular weight excluding hydrogens is 284 g/mol. The zero-order valence-corrected chi connectivity index (χ0v) is 14.6. The van der Waals surface area contributed by atoms with Crippen LogP contribution in [0.5, 0.6) is 0 Å². The molecule has 1 aliphatic rings. The van der Waals surface area contributed by atoms with E-state index in [-0.39, 0.29) is 11.7 Å². The monoisotopic (exact) mass is 314 g/mol. The smallest absolute Gasteiger partial charge is 0.429 e. The molecule has 0 heterocycles. The van der Waals surface area contributed by atoms with E-state index >= 15 is 0 Å². The quantitative estimate of drug-likeness (QED) is 0.623. The van der Waals surface area contributed by atoms with E-state index in [4.69, 9.17) is 14.2 Å². The van der Waals surface area contributed by atoms with Crippen LogP contribution in [0.15, 0.2) is 12.2 Å². The molecule has 0 radical (unpaired) electrons. The van der Waals surface area contributed by atoms with Gasteiger partial charge in [0.15, 0.2) is 0 Å². The van der Waals surface area contributed by atoms with Crippen LogP contribution in [0.1, 0.15) is 60.8 Å². The summed E-state index contributed by atoms with van der Waals surface area (Å²) in [5.41, 5.74) is -0.877. The molecule has 5 heteroatoms. The third kappa shape index (κ3) is 8.39. The Morgan fingerprint density at radius 3 is 2.23 bits per heavy atom. The highest BCUT2D eigenvalue weighted by Crippen LogP contribution is 2.23. The third-order valence-electron chi connectivity index (χ3n) is 2.98. The fraction of sp³-hybridized carbons (Fsp3) is 0.824. The number of aliphatic hydroxyl groups excluding tert-OH is 1. The van der Waals surface area contributed by atoms with Gasteiger partial charge >= 0.3 is 6.16 Å². The van der Waals surface area contributed by atoms with Gasteiger partial charge in [-0.1, -0.05) is 6.08 Å². The molecule has 0 aromatic rings. The van der Waals surface area contributed by atoms with Gasteiger partial charge in [-0.15, -0.1) is 0 Å².